The molecule has 3 aromatic rings. The normalized spacial score (nSPS) is 13.2. The van der Waals surface area contributed by atoms with Crippen LogP contribution in [0.4, 0.5) is 0 Å². The van der Waals surface area contributed by atoms with Crippen LogP contribution >= 0.6 is 0 Å². The zero-order valence-electron chi connectivity index (χ0n) is 30.5. The van der Waals surface area contributed by atoms with Gasteiger partial charge in [0.2, 0.25) is 0 Å². The molecule has 0 saturated carbocycles. The fraction of sp³-hybridized carbons (Fsp3) is 0.435. The lowest BCUT2D eigenvalue weighted by Gasteiger charge is -2.18. The summed E-state index contributed by atoms with van der Waals surface area (Å²) in [4.78, 5) is 9.17. The van der Waals surface area contributed by atoms with Crippen molar-refractivity contribution in [2.24, 2.45) is 0 Å². The molecule has 6 rings (SSSR count). The number of nitriles is 1. The molecule has 3 aliphatic rings. The Morgan fingerprint density at radius 2 is 0.646 bits per heavy atom. The molecule has 0 N–H and O–H groups in total. The number of fused-ring (bicyclic) bond motifs is 3. The Morgan fingerprint density at radius 3 is 0.750 bits per heavy atom. The highest BCUT2D eigenvalue weighted by atomic mass is 16.1. The summed E-state index contributed by atoms with van der Waals surface area (Å²) in [5, 5.41) is 7.62. The first kappa shape index (κ1) is 46.2. The number of aldehydes is 1. The maximum Gasteiger partial charge on any atom is 0.119 e. The highest BCUT2D eigenvalue weighted by Gasteiger charge is 2.12. The lowest BCUT2D eigenvalue weighted by molar-refractivity contribution is -0.107. The summed E-state index contributed by atoms with van der Waals surface area (Å²) in [5.41, 5.74) is 18.4. The monoisotopic (exact) mass is 650 g/mol. The Morgan fingerprint density at radius 1 is 0.500 bits per heavy atom. The van der Waals surface area contributed by atoms with Gasteiger partial charge in [0.25, 0.3) is 0 Å². The van der Waals surface area contributed by atoms with E-state index in [9.17, 15) is 4.79 Å². The number of hydrogen-bond donors (Lipinski definition) is 0. The Bertz CT molecular complexity index is 1240. The molecule has 0 saturated heterocycles. The van der Waals surface area contributed by atoms with Crippen LogP contribution in [0, 0.1) is 11.3 Å². The molecule has 0 heterocycles. The SMILES string of the molecule is C.C.CC.CC1=C(C)Cc2ccccc2C1.CC1=C(C)Cc2ccccc2C1.CC1=C(C)Cc2ccccc2C1.CCC#N.CCC=O. The van der Waals surface area contributed by atoms with Crippen LogP contribution in [0.1, 0.15) is 130 Å². The summed E-state index contributed by atoms with van der Waals surface area (Å²) in [5.74, 6) is 0. The number of carbonyl (C=O) groups excluding carboxylic acids is 1. The second-order valence-electron chi connectivity index (χ2n) is 12.1. The third-order valence-electron chi connectivity index (χ3n) is 8.60. The molecule has 0 aliphatic heterocycles. The molecule has 2 heteroatoms. The molecule has 262 valence electrons. The standard InChI is InChI=1S/3C12H14.C3H5N.C3H6O.C2H6.2CH4/c3*1-9-7-11-5-3-4-6-12(11)8-10(9)2;2*1-2-3-4;1-2;;/h3*3-6H,7-8H2,1-2H3;2H2,1H3;3H,2H2,1H3;1-2H3;2*1H4. The third kappa shape index (κ3) is 15.8. The number of nitrogens with zero attached hydrogens (tertiary/aromatic N) is 1. The van der Waals surface area contributed by atoms with Crippen LogP contribution in [0.2, 0.25) is 0 Å². The van der Waals surface area contributed by atoms with Gasteiger partial charge in [-0.25, -0.2) is 0 Å². The molecular formula is C46H67NO. The van der Waals surface area contributed by atoms with Crippen molar-refractivity contribution in [2.75, 3.05) is 0 Å². The van der Waals surface area contributed by atoms with Crippen molar-refractivity contribution in [1.29, 1.82) is 5.26 Å². The Kier molecular flexibility index (Phi) is 25.0. The number of carbonyl (C=O) groups is 1. The number of allylic oxidation sites excluding steroid dienone is 6. The fourth-order valence-corrected chi connectivity index (χ4v) is 5.33. The first-order valence-corrected chi connectivity index (χ1v) is 17.1. The van der Waals surface area contributed by atoms with E-state index >= 15 is 0 Å². The average Bonchev–Trinajstić information content (AvgIpc) is 3.08. The molecule has 48 heavy (non-hydrogen) atoms. The van der Waals surface area contributed by atoms with Crippen LogP contribution in [0.25, 0.3) is 0 Å². The van der Waals surface area contributed by atoms with Crippen LogP contribution in [-0.4, -0.2) is 6.29 Å². The summed E-state index contributed by atoms with van der Waals surface area (Å²) >= 11 is 0. The second kappa shape index (κ2) is 26.0. The maximum atomic E-state index is 9.17. The number of hydrogen-bond acceptors (Lipinski definition) is 2. The molecule has 0 aromatic heterocycles. The highest BCUT2D eigenvalue weighted by molar-refractivity contribution is 5.48. The largest absolute Gasteiger partial charge is 0.303 e. The van der Waals surface area contributed by atoms with Crippen molar-refractivity contribution in [3.63, 3.8) is 0 Å². The van der Waals surface area contributed by atoms with Gasteiger partial charge in [-0.05, 0) is 113 Å². The summed E-state index contributed by atoms with van der Waals surface area (Å²) in [6.45, 7) is 21.1. The minimum absolute atomic E-state index is 0. The van der Waals surface area contributed by atoms with E-state index in [1.807, 2.05) is 33.8 Å². The van der Waals surface area contributed by atoms with Gasteiger partial charge in [0.1, 0.15) is 6.29 Å². The first-order valence-electron chi connectivity index (χ1n) is 17.1. The number of rotatable bonds is 1. The zero-order valence-corrected chi connectivity index (χ0v) is 30.5. The van der Waals surface area contributed by atoms with E-state index < -0.39 is 0 Å². The molecular weight excluding hydrogens is 583 g/mol. The van der Waals surface area contributed by atoms with E-state index in [-0.39, 0.29) is 14.9 Å². The summed E-state index contributed by atoms with van der Waals surface area (Å²) in [6.07, 6.45) is 9.07. The highest BCUT2D eigenvalue weighted by Crippen LogP contribution is 2.26. The van der Waals surface area contributed by atoms with E-state index in [1.165, 1.54) is 33.4 Å². The summed E-state index contributed by atoms with van der Waals surface area (Å²) < 4.78 is 0. The average molecular weight is 650 g/mol. The minimum Gasteiger partial charge on any atom is -0.303 e. The van der Waals surface area contributed by atoms with Gasteiger partial charge in [-0.15, -0.1) is 0 Å². The quantitative estimate of drug-likeness (QED) is 0.194. The van der Waals surface area contributed by atoms with Gasteiger partial charge in [0.15, 0.2) is 0 Å². The van der Waals surface area contributed by atoms with Gasteiger partial charge >= 0.3 is 0 Å². The predicted octanol–water partition coefficient (Wildman–Crippen LogP) is 13.2. The van der Waals surface area contributed by atoms with E-state index in [0.29, 0.717) is 12.8 Å². The summed E-state index contributed by atoms with van der Waals surface area (Å²) in [6, 6.07) is 28.2. The van der Waals surface area contributed by atoms with E-state index in [2.05, 4.69) is 114 Å². The fourth-order valence-electron chi connectivity index (χ4n) is 5.33. The first-order chi connectivity index (χ1) is 22.1. The molecule has 0 unspecified atom stereocenters. The van der Waals surface area contributed by atoms with Gasteiger partial charge in [0, 0.05) is 12.8 Å². The van der Waals surface area contributed by atoms with Gasteiger partial charge in [-0.3, -0.25) is 0 Å². The number of benzene rings is 3. The predicted molar refractivity (Wildman–Crippen MR) is 214 cm³/mol. The topological polar surface area (TPSA) is 40.9 Å². The van der Waals surface area contributed by atoms with Crippen LogP contribution in [0.3, 0.4) is 0 Å². The molecule has 0 fully saturated rings. The van der Waals surface area contributed by atoms with Crippen molar-refractivity contribution in [3.05, 3.63) is 140 Å². The molecule has 0 amide bonds. The second-order valence-corrected chi connectivity index (χ2v) is 12.1. The molecule has 3 aliphatic carbocycles. The van der Waals surface area contributed by atoms with Crippen LogP contribution in [0.15, 0.2) is 106 Å². The Labute approximate surface area is 296 Å². The van der Waals surface area contributed by atoms with E-state index in [0.717, 1.165) is 44.8 Å². The molecule has 0 radical (unpaired) electrons. The third-order valence-corrected chi connectivity index (χ3v) is 8.60. The van der Waals surface area contributed by atoms with Crippen molar-refractivity contribution >= 4 is 6.29 Å². The maximum absolute atomic E-state index is 9.17. The van der Waals surface area contributed by atoms with Gasteiger partial charge in [-0.2, -0.15) is 5.26 Å². The zero-order chi connectivity index (χ0) is 34.5. The van der Waals surface area contributed by atoms with Crippen LogP contribution < -0.4 is 0 Å². The van der Waals surface area contributed by atoms with E-state index in [4.69, 9.17) is 5.26 Å². The summed E-state index contributed by atoms with van der Waals surface area (Å²) in [7, 11) is 0. The van der Waals surface area contributed by atoms with Crippen molar-refractivity contribution in [3.8, 4) is 6.07 Å². The van der Waals surface area contributed by atoms with Crippen LogP contribution in [-0.2, 0) is 43.3 Å². The molecule has 0 bridgehead atoms. The molecule has 2 nitrogen and oxygen atoms in total. The van der Waals surface area contributed by atoms with Crippen molar-refractivity contribution in [1.82, 2.24) is 0 Å². The Balaban J connectivity index is 0. The lowest BCUT2D eigenvalue weighted by atomic mass is 9.88. The van der Waals surface area contributed by atoms with Crippen LogP contribution in [0.5, 0.6) is 0 Å². The Hall–Kier alpha value is -3.96. The van der Waals surface area contributed by atoms with Crippen molar-refractivity contribution in [2.45, 2.75) is 135 Å². The minimum atomic E-state index is 0. The van der Waals surface area contributed by atoms with Gasteiger partial charge in [-0.1, -0.05) is 149 Å². The lowest BCUT2D eigenvalue weighted by Crippen LogP contribution is -2.04. The molecule has 0 atom stereocenters. The van der Waals surface area contributed by atoms with Gasteiger partial charge < -0.3 is 4.79 Å². The smallest absolute Gasteiger partial charge is 0.119 e. The van der Waals surface area contributed by atoms with Gasteiger partial charge in [0.05, 0.1) is 6.07 Å². The molecule has 0 spiro atoms. The van der Waals surface area contributed by atoms with Crippen molar-refractivity contribution < 1.29 is 4.79 Å². The van der Waals surface area contributed by atoms with E-state index in [1.54, 1.807) is 33.4 Å². The molecule has 3 aromatic carbocycles.